The molecule has 1 aliphatic heterocycles. The van der Waals surface area contributed by atoms with Crippen LogP contribution in [-0.2, 0) is 11.2 Å². The van der Waals surface area contributed by atoms with Crippen molar-refractivity contribution in [2.24, 2.45) is 0 Å². The average Bonchev–Trinajstić information content (AvgIpc) is 3.07. The van der Waals surface area contributed by atoms with E-state index in [0.29, 0.717) is 23.1 Å². The maximum absolute atomic E-state index is 13.2. The zero-order valence-corrected chi connectivity index (χ0v) is 15.2. The van der Waals surface area contributed by atoms with Gasteiger partial charge >= 0.3 is 0 Å². The van der Waals surface area contributed by atoms with Gasteiger partial charge in [0.2, 0.25) is 5.78 Å². The molecule has 0 bridgehead atoms. The molecule has 26 heavy (non-hydrogen) atoms. The minimum atomic E-state index is -0.581. The summed E-state index contributed by atoms with van der Waals surface area (Å²) in [6.07, 6.45) is 4.21. The van der Waals surface area contributed by atoms with Crippen LogP contribution in [0.4, 0.5) is 0 Å². The number of ether oxygens (including phenoxy) is 1. The quantitative estimate of drug-likeness (QED) is 0.848. The number of Topliss-reactive ketones (excluding diaryl/α,β-unsaturated/α-hetero) is 2. The van der Waals surface area contributed by atoms with Gasteiger partial charge in [-0.15, -0.1) is 5.10 Å². The van der Waals surface area contributed by atoms with E-state index >= 15 is 0 Å². The highest BCUT2D eigenvalue weighted by molar-refractivity contribution is 6.26. The molecule has 0 saturated heterocycles. The Morgan fingerprint density at radius 3 is 2.58 bits per heavy atom. The minimum Gasteiger partial charge on any atom is -0.483 e. The first-order chi connectivity index (χ1) is 12.4. The molecule has 2 heterocycles. The molecule has 0 saturated carbocycles. The van der Waals surface area contributed by atoms with Gasteiger partial charge in [0.15, 0.2) is 11.5 Å². The lowest BCUT2D eigenvalue weighted by molar-refractivity contribution is -0.00325. The molecule has 0 amide bonds. The maximum Gasteiger partial charge on any atom is 0.228 e. The van der Waals surface area contributed by atoms with E-state index in [0.717, 1.165) is 18.5 Å². The third-order valence-corrected chi connectivity index (χ3v) is 4.89. The van der Waals surface area contributed by atoms with Crippen LogP contribution in [0.2, 0.25) is 0 Å². The van der Waals surface area contributed by atoms with Crippen LogP contribution in [0.3, 0.4) is 0 Å². The van der Waals surface area contributed by atoms with Crippen LogP contribution in [0.1, 0.15) is 66.1 Å². The SMILES string of the molecule is CCCc1cn(C2CC(C)(C)OC3=C2C(=O)c2ccccc2C3=O)nn1. The van der Waals surface area contributed by atoms with Crippen molar-refractivity contribution in [2.75, 3.05) is 0 Å². The first-order valence-electron chi connectivity index (χ1n) is 8.93. The molecule has 4 rings (SSSR count). The monoisotopic (exact) mass is 351 g/mol. The largest absolute Gasteiger partial charge is 0.483 e. The Kier molecular flexibility index (Phi) is 3.79. The van der Waals surface area contributed by atoms with E-state index < -0.39 is 5.60 Å². The van der Waals surface area contributed by atoms with Gasteiger partial charge in [0.1, 0.15) is 5.60 Å². The Morgan fingerprint density at radius 2 is 1.88 bits per heavy atom. The highest BCUT2D eigenvalue weighted by Gasteiger charge is 2.46. The molecule has 2 aromatic rings. The summed E-state index contributed by atoms with van der Waals surface area (Å²) in [4.78, 5) is 26.2. The van der Waals surface area contributed by atoms with Gasteiger partial charge in [-0.1, -0.05) is 42.8 Å². The van der Waals surface area contributed by atoms with Gasteiger partial charge < -0.3 is 4.74 Å². The van der Waals surface area contributed by atoms with E-state index in [9.17, 15) is 9.59 Å². The molecule has 0 fully saturated rings. The van der Waals surface area contributed by atoms with Gasteiger partial charge in [0.25, 0.3) is 0 Å². The number of allylic oxidation sites excluding steroid dienone is 2. The highest BCUT2D eigenvalue weighted by atomic mass is 16.5. The lowest BCUT2D eigenvalue weighted by atomic mass is 9.79. The van der Waals surface area contributed by atoms with Gasteiger partial charge in [-0.2, -0.15) is 0 Å². The lowest BCUT2D eigenvalue weighted by Gasteiger charge is -2.39. The van der Waals surface area contributed by atoms with Crippen LogP contribution in [-0.4, -0.2) is 32.2 Å². The molecular formula is C20H21N3O3. The molecule has 1 aromatic heterocycles. The molecule has 134 valence electrons. The molecule has 1 unspecified atom stereocenters. The number of aromatic nitrogens is 3. The van der Waals surface area contributed by atoms with Gasteiger partial charge in [-0.05, 0) is 20.3 Å². The van der Waals surface area contributed by atoms with Crippen LogP contribution < -0.4 is 0 Å². The van der Waals surface area contributed by atoms with Crippen molar-refractivity contribution in [1.29, 1.82) is 0 Å². The van der Waals surface area contributed by atoms with Crippen molar-refractivity contribution in [2.45, 2.75) is 51.7 Å². The summed E-state index contributed by atoms with van der Waals surface area (Å²) in [5, 5.41) is 8.45. The van der Waals surface area contributed by atoms with Crippen molar-refractivity contribution in [1.82, 2.24) is 15.0 Å². The molecule has 1 aromatic carbocycles. The van der Waals surface area contributed by atoms with Crippen molar-refractivity contribution in [3.05, 3.63) is 58.6 Å². The fourth-order valence-corrected chi connectivity index (χ4v) is 3.72. The van der Waals surface area contributed by atoms with Crippen LogP contribution >= 0.6 is 0 Å². The van der Waals surface area contributed by atoms with Crippen LogP contribution in [0.15, 0.2) is 41.8 Å². The first-order valence-corrected chi connectivity index (χ1v) is 8.93. The lowest BCUT2D eigenvalue weighted by Crippen LogP contribution is -2.41. The maximum atomic E-state index is 13.2. The standard InChI is InChI=1S/C20H21N3O3/c1-4-7-12-11-23(22-21-12)15-10-20(2,3)26-19-16(15)17(24)13-8-5-6-9-14(13)18(19)25/h5-6,8-9,11,15H,4,7,10H2,1-3H3. The Morgan fingerprint density at radius 1 is 1.19 bits per heavy atom. The topological polar surface area (TPSA) is 74.1 Å². The third kappa shape index (κ3) is 2.57. The predicted octanol–water partition coefficient (Wildman–Crippen LogP) is 3.30. The summed E-state index contributed by atoms with van der Waals surface area (Å²) in [7, 11) is 0. The van der Waals surface area contributed by atoms with Crippen molar-refractivity contribution in [3.63, 3.8) is 0 Å². The van der Waals surface area contributed by atoms with E-state index in [1.165, 1.54) is 0 Å². The Hall–Kier alpha value is -2.76. The number of carbonyl (C=O) groups excluding carboxylic acids is 2. The highest BCUT2D eigenvalue weighted by Crippen LogP contribution is 2.43. The van der Waals surface area contributed by atoms with Crippen LogP contribution in [0, 0.1) is 0 Å². The number of rotatable bonds is 3. The second-order valence-electron chi connectivity index (χ2n) is 7.47. The van der Waals surface area contributed by atoms with Crippen molar-refractivity contribution < 1.29 is 14.3 Å². The fraction of sp³-hybridized carbons (Fsp3) is 0.400. The van der Waals surface area contributed by atoms with E-state index in [-0.39, 0.29) is 23.4 Å². The molecule has 0 radical (unpaired) electrons. The number of hydrogen-bond acceptors (Lipinski definition) is 5. The van der Waals surface area contributed by atoms with E-state index in [4.69, 9.17) is 4.74 Å². The summed E-state index contributed by atoms with van der Waals surface area (Å²) >= 11 is 0. The molecule has 6 heteroatoms. The number of nitrogens with zero attached hydrogens (tertiary/aromatic N) is 3. The molecule has 6 nitrogen and oxygen atoms in total. The summed E-state index contributed by atoms with van der Waals surface area (Å²) in [6, 6.07) is 6.54. The van der Waals surface area contributed by atoms with Gasteiger partial charge in [-0.3, -0.25) is 9.59 Å². The zero-order valence-electron chi connectivity index (χ0n) is 15.2. The Bertz CT molecular complexity index is 939. The first kappa shape index (κ1) is 16.7. The summed E-state index contributed by atoms with van der Waals surface area (Å²) in [6.45, 7) is 5.93. The number of aryl methyl sites for hydroxylation is 1. The summed E-state index contributed by atoms with van der Waals surface area (Å²) < 4.78 is 7.68. The molecule has 2 aliphatic rings. The molecule has 0 N–H and O–H groups in total. The van der Waals surface area contributed by atoms with E-state index in [1.807, 2.05) is 20.0 Å². The van der Waals surface area contributed by atoms with Gasteiger partial charge in [-0.25, -0.2) is 4.68 Å². The fourth-order valence-electron chi connectivity index (χ4n) is 3.72. The van der Waals surface area contributed by atoms with Gasteiger partial charge in [0, 0.05) is 23.7 Å². The van der Waals surface area contributed by atoms with Crippen LogP contribution in [0.25, 0.3) is 0 Å². The normalized spacial score (nSPS) is 21.3. The van der Waals surface area contributed by atoms with Crippen LogP contribution in [0.5, 0.6) is 0 Å². The molecule has 0 spiro atoms. The Balaban J connectivity index is 1.85. The second-order valence-corrected chi connectivity index (χ2v) is 7.47. The second kappa shape index (κ2) is 5.90. The minimum absolute atomic E-state index is 0.155. The van der Waals surface area contributed by atoms with Gasteiger partial charge in [0.05, 0.1) is 17.3 Å². The third-order valence-electron chi connectivity index (χ3n) is 4.89. The van der Waals surface area contributed by atoms with E-state index in [2.05, 4.69) is 17.2 Å². The average molecular weight is 351 g/mol. The summed E-state index contributed by atoms with van der Waals surface area (Å²) in [5.74, 6) is -0.243. The number of carbonyl (C=O) groups is 2. The Labute approximate surface area is 151 Å². The molecule has 1 atom stereocenters. The number of ketones is 2. The van der Waals surface area contributed by atoms with Crippen molar-refractivity contribution in [3.8, 4) is 0 Å². The number of hydrogen-bond donors (Lipinski definition) is 0. The van der Waals surface area contributed by atoms with Crippen molar-refractivity contribution >= 4 is 11.6 Å². The summed E-state index contributed by atoms with van der Waals surface area (Å²) in [5.41, 5.74) is 1.52. The zero-order chi connectivity index (χ0) is 18.5. The number of fused-ring (bicyclic) bond motifs is 1. The van der Waals surface area contributed by atoms with E-state index in [1.54, 1.807) is 28.9 Å². The molecule has 1 aliphatic carbocycles. The molecular weight excluding hydrogens is 330 g/mol. The smallest absolute Gasteiger partial charge is 0.228 e. The number of benzene rings is 1. The predicted molar refractivity (Wildman–Crippen MR) is 95.0 cm³/mol.